The Labute approximate surface area is 336 Å². The van der Waals surface area contributed by atoms with Crippen LogP contribution < -0.4 is 0 Å². The van der Waals surface area contributed by atoms with Crippen LogP contribution in [0, 0.1) is 12.3 Å². The van der Waals surface area contributed by atoms with Crippen molar-refractivity contribution < 1.29 is 52.1 Å². The van der Waals surface area contributed by atoms with Crippen molar-refractivity contribution >= 4 is 0 Å². The first kappa shape index (κ1) is 42.6. The fourth-order valence-corrected chi connectivity index (χ4v) is 7.15. The lowest BCUT2D eigenvalue weighted by Gasteiger charge is -2.47. The van der Waals surface area contributed by atoms with Gasteiger partial charge in [0, 0.05) is 21.3 Å². The number of benzene rings is 4. The molecule has 10 atom stereocenters. The summed E-state index contributed by atoms with van der Waals surface area (Å²) in [5.41, 5.74) is 4.02. The maximum atomic E-state index is 6.87. The van der Waals surface area contributed by atoms with Crippen LogP contribution in [0.15, 0.2) is 121 Å². The number of terminal acetylenes is 1. The van der Waals surface area contributed by atoms with E-state index in [1.54, 1.807) is 21.3 Å². The molecule has 0 aliphatic carbocycles. The van der Waals surface area contributed by atoms with E-state index in [1.807, 2.05) is 121 Å². The van der Waals surface area contributed by atoms with Gasteiger partial charge in [-0.2, -0.15) is 0 Å². The summed E-state index contributed by atoms with van der Waals surface area (Å²) in [6.07, 6.45) is -1.35. The molecule has 0 radical (unpaired) electrons. The molecule has 11 nitrogen and oxygen atoms in total. The highest BCUT2D eigenvalue weighted by atomic mass is 16.8. The first-order valence-electron chi connectivity index (χ1n) is 19.3. The van der Waals surface area contributed by atoms with Crippen LogP contribution in [0.3, 0.4) is 0 Å². The van der Waals surface area contributed by atoms with E-state index in [0.29, 0.717) is 19.8 Å². The molecule has 0 aromatic heterocycles. The molecule has 4 aromatic carbocycles. The molecule has 2 aliphatic heterocycles. The number of methoxy groups -OCH3 is 3. The summed E-state index contributed by atoms with van der Waals surface area (Å²) < 4.78 is 70.2. The fourth-order valence-electron chi connectivity index (χ4n) is 7.15. The number of ether oxygens (including phenoxy) is 11. The van der Waals surface area contributed by atoms with E-state index in [2.05, 4.69) is 5.92 Å². The fraction of sp³-hybridized carbons (Fsp3) is 0.435. The molecule has 4 aromatic rings. The van der Waals surface area contributed by atoms with Crippen molar-refractivity contribution in [3.63, 3.8) is 0 Å². The monoisotopic (exact) mass is 782 g/mol. The van der Waals surface area contributed by atoms with Gasteiger partial charge in [-0.05, 0) is 22.3 Å². The zero-order chi connectivity index (χ0) is 39.7. The van der Waals surface area contributed by atoms with E-state index >= 15 is 0 Å². The average molecular weight is 783 g/mol. The van der Waals surface area contributed by atoms with Crippen LogP contribution in [0.25, 0.3) is 0 Å². The second-order valence-electron chi connectivity index (χ2n) is 13.8. The Morgan fingerprint density at radius 2 is 0.860 bits per heavy atom. The van der Waals surface area contributed by atoms with Crippen LogP contribution in [0.1, 0.15) is 22.3 Å². The third-order valence-electron chi connectivity index (χ3n) is 10.0. The molecule has 0 saturated carbocycles. The first-order valence-corrected chi connectivity index (χ1v) is 19.3. The van der Waals surface area contributed by atoms with Gasteiger partial charge >= 0.3 is 0 Å². The molecule has 0 spiro atoms. The predicted octanol–water partition coefficient (Wildman–Crippen LogP) is 6.12. The van der Waals surface area contributed by atoms with Crippen LogP contribution in [-0.2, 0) is 78.5 Å². The van der Waals surface area contributed by atoms with E-state index in [-0.39, 0.29) is 26.4 Å². The van der Waals surface area contributed by atoms with Gasteiger partial charge in [0.25, 0.3) is 0 Å². The third-order valence-corrected chi connectivity index (χ3v) is 10.0. The van der Waals surface area contributed by atoms with E-state index in [4.69, 9.17) is 58.5 Å². The molecule has 304 valence electrons. The highest BCUT2D eigenvalue weighted by Crippen LogP contribution is 2.34. The van der Waals surface area contributed by atoms with E-state index in [1.165, 1.54) is 0 Å². The SMILES string of the molecule is C#CCO[C@H]1O[C@H](CO[C@H]2O[C@H](COCc3ccccc3)[C@@H](OCc3ccccc3)[C@H](OCc3ccccc3)[C@@H]2OCc2ccccc2)[C@@H](OC)[C@H](OC)[C@@H]1OC. The van der Waals surface area contributed by atoms with Crippen LogP contribution in [0.2, 0.25) is 0 Å². The Morgan fingerprint density at radius 3 is 1.33 bits per heavy atom. The number of hydrogen-bond acceptors (Lipinski definition) is 11. The smallest absolute Gasteiger partial charge is 0.188 e. The van der Waals surface area contributed by atoms with Gasteiger partial charge < -0.3 is 52.1 Å². The standard InChI is InChI=1S/C46H54O11/c1-5-26-51-45-43(49-4)41(48-3)39(47-2)38(57-45)32-55-46-44(54-30-36-24-16-9-17-25-36)42(53-29-35-22-14-8-15-23-35)40(52-28-34-20-12-7-13-21-34)37(56-46)31-50-27-33-18-10-6-11-19-33/h1,6-25,37-46H,26-32H2,2-4H3/t37-,38-,39-,40-,41+,42+,43+,44+,45+,46+/m1/s1. The topological polar surface area (TPSA) is 102 Å². The molecule has 6 rings (SSSR count). The minimum atomic E-state index is -0.955. The van der Waals surface area contributed by atoms with Gasteiger partial charge in [0.15, 0.2) is 12.6 Å². The lowest BCUT2D eigenvalue weighted by atomic mass is 9.97. The molecule has 11 heteroatoms. The Bertz CT molecular complexity index is 1730. The maximum Gasteiger partial charge on any atom is 0.188 e. The summed E-state index contributed by atoms with van der Waals surface area (Å²) in [5.74, 6) is 2.50. The van der Waals surface area contributed by atoms with Crippen LogP contribution in [-0.4, -0.2) is 103 Å². The van der Waals surface area contributed by atoms with E-state index in [9.17, 15) is 0 Å². The lowest BCUT2D eigenvalue weighted by Crippen LogP contribution is -2.63. The van der Waals surface area contributed by atoms with Crippen LogP contribution >= 0.6 is 0 Å². The minimum absolute atomic E-state index is 0.0130. The summed E-state index contributed by atoms with van der Waals surface area (Å²) in [5, 5.41) is 0. The molecule has 57 heavy (non-hydrogen) atoms. The Hall–Kier alpha value is -4.00. The van der Waals surface area contributed by atoms with E-state index in [0.717, 1.165) is 22.3 Å². The van der Waals surface area contributed by atoms with Crippen molar-refractivity contribution in [2.75, 3.05) is 41.2 Å². The summed E-state index contributed by atoms with van der Waals surface area (Å²) in [6.45, 7) is 1.48. The molecule has 2 fully saturated rings. The number of rotatable bonds is 21. The molecule has 0 unspecified atom stereocenters. The summed E-state index contributed by atoms with van der Waals surface area (Å²) >= 11 is 0. The largest absolute Gasteiger partial charge is 0.376 e. The van der Waals surface area contributed by atoms with Crippen molar-refractivity contribution in [1.82, 2.24) is 0 Å². The van der Waals surface area contributed by atoms with Crippen LogP contribution in [0.5, 0.6) is 0 Å². The van der Waals surface area contributed by atoms with Gasteiger partial charge in [-0.25, -0.2) is 0 Å². The van der Waals surface area contributed by atoms with Gasteiger partial charge in [0.2, 0.25) is 0 Å². The first-order chi connectivity index (χ1) is 28.1. The molecule has 0 N–H and O–H groups in total. The lowest BCUT2D eigenvalue weighted by molar-refractivity contribution is -0.347. The van der Waals surface area contributed by atoms with Crippen LogP contribution in [0.4, 0.5) is 0 Å². The second-order valence-corrected chi connectivity index (χ2v) is 13.8. The van der Waals surface area contributed by atoms with Gasteiger partial charge in [0.05, 0.1) is 39.6 Å². The van der Waals surface area contributed by atoms with Crippen molar-refractivity contribution in [3.05, 3.63) is 144 Å². The Kier molecular flexibility index (Phi) is 17.0. The Morgan fingerprint density at radius 1 is 0.439 bits per heavy atom. The van der Waals surface area contributed by atoms with Crippen molar-refractivity contribution in [2.45, 2.75) is 87.8 Å². The zero-order valence-electron chi connectivity index (χ0n) is 32.8. The van der Waals surface area contributed by atoms with Gasteiger partial charge in [-0.15, -0.1) is 6.42 Å². The van der Waals surface area contributed by atoms with E-state index < -0.39 is 61.4 Å². The highest BCUT2D eigenvalue weighted by molar-refractivity contribution is 5.16. The zero-order valence-corrected chi connectivity index (χ0v) is 32.8. The Balaban J connectivity index is 1.31. The summed E-state index contributed by atoms with van der Waals surface area (Å²) in [4.78, 5) is 0. The molecular formula is C46H54O11. The normalized spacial score (nSPS) is 27.5. The third kappa shape index (κ3) is 12.0. The minimum Gasteiger partial charge on any atom is -0.376 e. The maximum absolute atomic E-state index is 6.87. The van der Waals surface area contributed by atoms with Crippen molar-refractivity contribution in [2.24, 2.45) is 0 Å². The highest BCUT2D eigenvalue weighted by Gasteiger charge is 2.51. The second kappa shape index (κ2) is 22.8. The molecule has 0 bridgehead atoms. The molecule has 2 heterocycles. The van der Waals surface area contributed by atoms with Gasteiger partial charge in [-0.3, -0.25) is 0 Å². The van der Waals surface area contributed by atoms with Crippen molar-refractivity contribution in [1.29, 1.82) is 0 Å². The number of hydrogen-bond donors (Lipinski definition) is 0. The quantitative estimate of drug-likeness (QED) is 0.0915. The molecule has 2 aliphatic rings. The van der Waals surface area contributed by atoms with Gasteiger partial charge in [-0.1, -0.05) is 127 Å². The molecule has 2 saturated heterocycles. The molecule has 0 amide bonds. The van der Waals surface area contributed by atoms with Crippen molar-refractivity contribution in [3.8, 4) is 12.3 Å². The molecular weight excluding hydrogens is 728 g/mol. The summed E-state index contributed by atoms with van der Waals surface area (Å²) in [7, 11) is 4.74. The summed E-state index contributed by atoms with van der Waals surface area (Å²) in [6, 6.07) is 39.9. The van der Waals surface area contributed by atoms with Gasteiger partial charge in [0.1, 0.15) is 55.4 Å². The predicted molar refractivity (Wildman–Crippen MR) is 212 cm³/mol. The average Bonchev–Trinajstić information content (AvgIpc) is 3.26.